The molecule has 0 radical (unpaired) electrons. The van der Waals surface area contributed by atoms with Crippen LogP contribution in [0.2, 0.25) is 0 Å². The van der Waals surface area contributed by atoms with E-state index in [-0.39, 0.29) is 11.7 Å². The number of aliphatic hydroxyl groups is 2. The number of carbonyl (C=O) groups is 1. The number of hydrogen-bond acceptors (Lipinski definition) is 6. The van der Waals surface area contributed by atoms with Crippen molar-refractivity contribution >= 4 is 44.5 Å². The van der Waals surface area contributed by atoms with Gasteiger partial charge in [-0.15, -0.1) is 0 Å². The summed E-state index contributed by atoms with van der Waals surface area (Å²) in [5.74, 6) is -0.0638. The summed E-state index contributed by atoms with van der Waals surface area (Å²) in [4.78, 5) is 22.5. The zero-order valence-electron chi connectivity index (χ0n) is 24.4. The summed E-state index contributed by atoms with van der Waals surface area (Å²) in [6.45, 7) is 6.26. The second-order valence-electron chi connectivity index (χ2n) is 12.1. The smallest absolute Gasteiger partial charge is 0.246 e. The second-order valence-corrected chi connectivity index (χ2v) is 13.0. The number of fused-ring (bicyclic) bond motifs is 1. The van der Waals surface area contributed by atoms with Gasteiger partial charge in [0, 0.05) is 61.6 Å². The maximum Gasteiger partial charge on any atom is 0.246 e. The Kier molecular flexibility index (Phi) is 9.21. The fraction of sp³-hybridized carbons (Fsp3) is 0.485. The summed E-state index contributed by atoms with van der Waals surface area (Å²) >= 11 is 3.16. The molecule has 3 saturated heterocycles. The van der Waals surface area contributed by atoms with Crippen LogP contribution in [0.5, 0.6) is 0 Å². The topological polar surface area (TPSA) is 92.3 Å². The molecule has 1 aromatic heterocycles. The molecule has 4 heterocycles. The van der Waals surface area contributed by atoms with Crippen molar-refractivity contribution in [3.8, 4) is 0 Å². The molecule has 3 aliphatic rings. The molecule has 0 saturated carbocycles. The second kappa shape index (κ2) is 13.1. The van der Waals surface area contributed by atoms with Gasteiger partial charge in [0.05, 0.1) is 29.4 Å². The number of aromatic amines is 1. The van der Waals surface area contributed by atoms with E-state index in [1.807, 2.05) is 0 Å². The zero-order chi connectivity index (χ0) is 30.0. The first-order valence-corrected chi connectivity index (χ1v) is 16.1. The molecule has 10 heteroatoms. The molecule has 3 fully saturated rings. The molecule has 0 aliphatic carbocycles. The number of aromatic nitrogens is 1. The van der Waals surface area contributed by atoms with E-state index < -0.39 is 11.7 Å². The third kappa shape index (κ3) is 6.83. The highest BCUT2D eigenvalue weighted by atomic mass is 79.9. The van der Waals surface area contributed by atoms with Crippen LogP contribution < -0.4 is 4.90 Å². The quantitative estimate of drug-likeness (QED) is 0.325. The van der Waals surface area contributed by atoms with Crippen molar-refractivity contribution < 1.29 is 24.1 Å². The number of β-amino-alcohol motifs (C(OH)–C–C–N with tert-alkyl or cyclic N) is 1. The SMILES string of the molecule is O=C(/C=C/c1ccc(F)c(Br)c1)N1CCC(O)(C(O)CN2CCC(c3c[nH]c4ccc(N5CCOCC5)cc34)CC2)CC1. The van der Waals surface area contributed by atoms with E-state index >= 15 is 0 Å². The predicted molar refractivity (Wildman–Crippen MR) is 170 cm³/mol. The summed E-state index contributed by atoms with van der Waals surface area (Å²) in [7, 11) is 0. The number of rotatable bonds is 7. The van der Waals surface area contributed by atoms with Crippen LogP contribution in [-0.4, -0.2) is 102 Å². The lowest BCUT2D eigenvalue weighted by Gasteiger charge is -2.43. The van der Waals surface area contributed by atoms with Gasteiger partial charge in [0.25, 0.3) is 0 Å². The Morgan fingerprint density at radius 1 is 1.09 bits per heavy atom. The third-order valence-electron chi connectivity index (χ3n) is 9.46. The molecule has 8 nitrogen and oxygen atoms in total. The van der Waals surface area contributed by atoms with Gasteiger partial charge in [0.2, 0.25) is 5.91 Å². The number of H-pyrrole nitrogens is 1. The first kappa shape index (κ1) is 30.3. The summed E-state index contributed by atoms with van der Waals surface area (Å²) < 4.78 is 19.3. The van der Waals surface area contributed by atoms with Crippen LogP contribution in [0.3, 0.4) is 0 Å². The van der Waals surface area contributed by atoms with Gasteiger partial charge >= 0.3 is 0 Å². The van der Waals surface area contributed by atoms with E-state index in [1.165, 1.54) is 28.8 Å². The molecular weight excluding hydrogens is 615 g/mol. The van der Waals surface area contributed by atoms with Crippen molar-refractivity contribution in [2.45, 2.75) is 43.3 Å². The first-order valence-electron chi connectivity index (χ1n) is 15.3. The van der Waals surface area contributed by atoms with Gasteiger partial charge in [-0.05, 0) is 108 Å². The number of anilines is 1. The number of piperidine rings is 2. The summed E-state index contributed by atoms with van der Waals surface area (Å²) in [6, 6.07) is 11.3. The van der Waals surface area contributed by atoms with Gasteiger partial charge in [-0.2, -0.15) is 0 Å². The number of morpholine rings is 1. The third-order valence-corrected chi connectivity index (χ3v) is 10.1. The molecule has 0 bridgehead atoms. The number of halogens is 2. The number of ether oxygens (including phenoxy) is 1. The Labute approximate surface area is 260 Å². The first-order chi connectivity index (χ1) is 20.8. The fourth-order valence-electron chi connectivity index (χ4n) is 6.66. The molecule has 230 valence electrons. The number of carbonyl (C=O) groups excluding carboxylic acids is 1. The van der Waals surface area contributed by atoms with Crippen molar-refractivity contribution in [1.29, 1.82) is 0 Å². The van der Waals surface area contributed by atoms with Gasteiger partial charge in [-0.3, -0.25) is 4.79 Å². The van der Waals surface area contributed by atoms with Crippen LogP contribution >= 0.6 is 15.9 Å². The molecule has 0 spiro atoms. The maximum atomic E-state index is 13.5. The molecule has 2 aromatic carbocycles. The van der Waals surface area contributed by atoms with Gasteiger partial charge in [-0.1, -0.05) is 6.07 Å². The molecule has 1 amide bonds. The molecule has 1 unspecified atom stereocenters. The summed E-state index contributed by atoms with van der Waals surface area (Å²) in [6.07, 6.45) is 7.07. The largest absolute Gasteiger partial charge is 0.389 e. The number of nitrogens with one attached hydrogen (secondary N) is 1. The molecule has 3 N–H and O–H groups in total. The van der Waals surface area contributed by atoms with E-state index in [1.54, 1.807) is 23.1 Å². The Balaban J connectivity index is 0.994. The highest BCUT2D eigenvalue weighted by Crippen LogP contribution is 2.36. The number of benzene rings is 2. The number of aliphatic hydroxyl groups excluding tert-OH is 1. The van der Waals surface area contributed by atoms with Crippen molar-refractivity contribution in [3.63, 3.8) is 0 Å². The lowest BCUT2D eigenvalue weighted by Crippen LogP contribution is -2.56. The maximum absolute atomic E-state index is 13.5. The standard InChI is InChI=1S/C33H40BrFN4O4/c34-28-19-23(1-4-29(28)35)2-6-32(41)39-13-9-33(42,10-14-39)31(40)22-37-11-7-24(8-12-37)27-21-36-30-5-3-25(20-26(27)30)38-15-17-43-18-16-38/h1-6,19-21,24,31,36,40,42H,7-18,22H2/b6-2+. The number of hydrogen-bond donors (Lipinski definition) is 3. The predicted octanol–water partition coefficient (Wildman–Crippen LogP) is 4.51. The van der Waals surface area contributed by atoms with Gasteiger partial charge in [0.1, 0.15) is 5.82 Å². The van der Waals surface area contributed by atoms with E-state index in [4.69, 9.17) is 4.74 Å². The van der Waals surface area contributed by atoms with Crippen molar-refractivity contribution in [3.05, 3.63) is 70.1 Å². The monoisotopic (exact) mass is 654 g/mol. The van der Waals surface area contributed by atoms with Crippen LogP contribution in [-0.2, 0) is 9.53 Å². The molecule has 6 rings (SSSR count). The van der Waals surface area contributed by atoms with E-state index in [9.17, 15) is 19.4 Å². The lowest BCUT2D eigenvalue weighted by molar-refractivity contribution is -0.140. The van der Waals surface area contributed by atoms with Crippen molar-refractivity contribution in [2.75, 3.05) is 63.9 Å². The van der Waals surface area contributed by atoms with Crippen LogP contribution in [0.4, 0.5) is 10.1 Å². The average molecular weight is 656 g/mol. The average Bonchev–Trinajstić information content (AvgIpc) is 3.46. The van der Waals surface area contributed by atoms with E-state index in [0.29, 0.717) is 42.9 Å². The lowest BCUT2D eigenvalue weighted by atomic mass is 9.84. The Hall–Kier alpha value is -2.76. The number of likely N-dealkylation sites (tertiary alicyclic amines) is 2. The molecule has 1 atom stereocenters. The van der Waals surface area contributed by atoms with Gasteiger partial charge in [-0.25, -0.2) is 4.39 Å². The molecule has 3 aliphatic heterocycles. The molecule has 3 aromatic rings. The van der Waals surface area contributed by atoms with Crippen LogP contribution in [0.1, 0.15) is 42.7 Å². The minimum absolute atomic E-state index is 0.159. The minimum atomic E-state index is -1.22. The Bertz CT molecular complexity index is 1460. The highest BCUT2D eigenvalue weighted by molar-refractivity contribution is 9.10. The van der Waals surface area contributed by atoms with Crippen LogP contribution in [0.15, 0.2) is 53.1 Å². The Morgan fingerprint density at radius 2 is 1.84 bits per heavy atom. The van der Waals surface area contributed by atoms with E-state index in [0.717, 1.165) is 63.3 Å². The van der Waals surface area contributed by atoms with Gasteiger partial charge < -0.3 is 34.6 Å². The minimum Gasteiger partial charge on any atom is -0.389 e. The normalized spacial score (nSPS) is 21.1. The molecular formula is C33H40BrFN4O4. The Morgan fingerprint density at radius 3 is 2.56 bits per heavy atom. The fourth-order valence-corrected chi connectivity index (χ4v) is 7.06. The van der Waals surface area contributed by atoms with Crippen molar-refractivity contribution in [2.24, 2.45) is 0 Å². The van der Waals surface area contributed by atoms with E-state index in [2.05, 4.69) is 55.1 Å². The zero-order valence-corrected chi connectivity index (χ0v) is 25.9. The van der Waals surface area contributed by atoms with Gasteiger partial charge in [0.15, 0.2) is 0 Å². The summed E-state index contributed by atoms with van der Waals surface area (Å²) in [5, 5.41) is 23.7. The van der Waals surface area contributed by atoms with Crippen LogP contribution in [0, 0.1) is 5.82 Å². The molecule has 43 heavy (non-hydrogen) atoms. The number of amides is 1. The van der Waals surface area contributed by atoms with Crippen LogP contribution in [0.25, 0.3) is 17.0 Å². The highest BCUT2D eigenvalue weighted by Gasteiger charge is 2.40. The number of nitrogens with zero attached hydrogens (tertiary/aromatic N) is 3. The summed E-state index contributed by atoms with van der Waals surface area (Å²) in [5.41, 5.74) is 3.27. The van der Waals surface area contributed by atoms with Crippen molar-refractivity contribution in [1.82, 2.24) is 14.8 Å².